The molecule has 0 atom stereocenters. The summed E-state index contributed by atoms with van der Waals surface area (Å²) in [7, 11) is 0. The first-order chi connectivity index (χ1) is 24.8. The van der Waals surface area contributed by atoms with Crippen molar-refractivity contribution in [1.29, 1.82) is 0 Å². The van der Waals surface area contributed by atoms with E-state index in [9.17, 15) is 0 Å². The van der Waals surface area contributed by atoms with E-state index in [2.05, 4.69) is 114 Å². The van der Waals surface area contributed by atoms with Crippen LogP contribution in [0.4, 0.5) is 0 Å². The quantitative estimate of drug-likeness (QED) is 0.186. The zero-order valence-electron chi connectivity index (χ0n) is 26.3. The van der Waals surface area contributed by atoms with E-state index in [-0.39, 0.29) is 0 Å². The third-order valence-corrected chi connectivity index (χ3v) is 11.4. The van der Waals surface area contributed by atoms with Crippen LogP contribution in [0.2, 0.25) is 0 Å². The van der Waals surface area contributed by atoms with Gasteiger partial charge in [-0.25, -0.2) is 9.97 Å². The van der Waals surface area contributed by atoms with Crippen molar-refractivity contribution < 1.29 is 8.83 Å². The Balaban J connectivity index is 1.27. The van der Waals surface area contributed by atoms with Crippen molar-refractivity contribution in [3.8, 4) is 17.2 Å². The van der Waals surface area contributed by atoms with Gasteiger partial charge in [0.1, 0.15) is 28.0 Å². The second-order valence-electron chi connectivity index (χ2n) is 12.9. The second-order valence-corrected chi connectivity index (χ2v) is 13.9. The first kappa shape index (κ1) is 26.5. The highest BCUT2D eigenvalue weighted by molar-refractivity contribution is 7.26. The minimum atomic E-state index is 0.601. The molecule has 0 aliphatic rings. The van der Waals surface area contributed by atoms with Crippen LogP contribution in [0, 0.1) is 0 Å². The molecule has 12 rings (SSSR count). The van der Waals surface area contributed by atoms with Crippen molar-refractivity contribution in [2.24, 2.45) is 0 Å². The summed E-state index contributed by atoms with van der Waals surface area (Å²) in [6.45, 7) is 0. The second kappa shape index (κ2) is 9.56. The molecule has 0 saturated heterocycles. The van der Waals surface area contributed by atoms with Gasteiger partial charge >= 0.3 is 0 Å². The molecule has 0 fully saturated rings. The fourth-order valence-corrected chi connectivity index (χ4v) is 9.33. The fourth-order valence-electron chi connectivity index (χ4n) is 8.08. The van der Waals surface area contributed by atoms with Crippen molar-refractivity contribution in [3.05, 3.63) is 140 Å². The molecule has 0 amide bonds. The van der Waals surface area contributed by atoms with Crippen molar-refractivity contribution in [3.63, 3.8) is 0 Å². The molecule has 0 aliphatic heterocycles. The van der Waals surface area contributed by atoms with Crippen molar-refractivity contribution in [2.75, 3.05) is 0 Å². The van der Waals surface area contributed by atoms with E-state index in [4.69, 9.17) is 18.8 Å². The van der Waals surface area contributed by atoms with Crippen molar-refractivity contribution in [2.45, 2.75) is 0 Å². The first-order valence-corrected chi connectivity index (χ1v) is 17.5. The summed E-state index contributed by atoms with van der Waals surface area (Å²) in [4.78, 5) is 10.9. The van der Waals surface area contributed by atoms with E-state index < -0.39 is 0 Å². The van der Waals surface area contributed by atoms with E-state index in [0.29, 0.717) is 11.5 Å². The van der Waals surface area contributed by atoms with Crippen LogP contribution in [0.3, 0.4) is 0 Å². The van der Waals surface area contributed by atoms with Gasteiger partial charge in [-0.15, -0.1) is 11.3 Å². The van der Waals surface area contributed by atoms with Gasteiger partial charge in [-0.1, -0.05) is 103 Å². The van der Waals surface area contributed by atoms with Gasteiger partial charge < -0.3 is 8.83 Å². The number of benzene rings is 7. The molecule has 6 heteroatoms. The van der Waals surface area contributed by atoms with Crippen LogP contribution in [0.25, 0.3) is 114 Å². The van der Waals surface area contributed by atoms with Gasteiger partial charge in [-0.2, -0.15) is 0 Å². The van der Waals surface area contributed by atoms with Crippen LogP contribution in [-0.2, 0) is 0 Å². The van der Waals surface area contributed by atoms with Gasteiger partial charge in [0, 0.05) is 48.0 Å². The van der Waals surface area contributed by atoms with E-state index in [0.717, 1.165) is 71.5 Å². The number of aromatic nitrogens is 3. The normalized spacial score (nSPS) is 12.4. The van der Waals surface area contributed by atoms with Gasteiger partial charge in [0.2, 0.25) is 5.95 Å². The molecule has 7 aromatic carbocycles. The number of hydrogen-bond donors (Lipinski definition) is 0. The molecule has 5 heterocycles. The maximum Gasteiger partial charge on any atom is 0.236 e. The first-order valence-electron chi connectivity index (χ1n) is 16.7. The number of hydrogen-bond acceptors (Lipinski definition) is 5. The largest absolute Gasteiger partial charge is 0.456 e. The molecule has 0 aliphatic carbocycles. The van der Waals surface area contributed by atoms with Gasteiger partial charge in [0.15, 0.2) is 5.58 Å². The molecule has 0 bridgehead atoms. The highest BCUT2D eigenvalue weighted by atomic mass is 32.1. The third kappa shape index (κ3) is 3.40. The molecular formula is C44H23N3O2S. The smallest absolute Gasteiger partial charge is 0.236 e. The Bertz CT molecular complexity index is 3400. The van der Waals surface area contributed by atoms with Crippen LogP contribution in [0.1, 0.15) is 0 Å². The van der Waals surface area contributed by atoms with Crippen LogP contribution >= 0.6 is 11.3 Å². The molecule has 0 N–H and O–H groups in total. The zero-order chi connectivity index (χ0) is 32.5. The summed E-state index contributed by atoms with van der Waals surface area (Å²) < 4.78 is 17.9. The van der Waals surface area contributed by atoms with E-state index >= 15 is 0 Å². The van der Waals surface area contributed by atoms with Crippen LogP contribution in [0.5, 0.6) is 0 Å². The lowest BCUT2D eigenvalue weighted by Crippen LogP contribution is -2.03. The molecule has 0 radical (unpaired) electrons. The van der Waals surface area contributed by atoms with Crippen molar-refractivity contribution >= 4 is 108 Å². The average molecular weight is 658 g/mol. The minimum Gasteiger partial charge on any atom is -0.456 e. The fraction of sp³-hybridized carbons (Fsp3) is 0. The van der Waals surface area contributed by atoms with E-state index in [1.807, 2.05) is 41.7 Å². The standard InChI is InChI=1S/C44H23N3O2S/c1-2-14-27-24(11-1)32(23-36-38(27)30-15-4-8-18-34(30)48-36)40-42-39(31-16-5-9-19-35(31)49-42)45-44(46-40)47-33-17-7-3-12-25(33)28-21-22-29-26-13-6-10-20-37(26)50-43(29)41(28)47/h1-23H. The third-order valence-electron chi connectivity index (χ3n) is 10.2. The van der Waals surface area contributed by atoms with Crippen molar-refractivity contribution in [1.82, 2.24) is 14.5 Å². The Morgan fingerprint density at radius 2 is 1.16 bits per heavy atom. The van der Waals surface area contributed by atoms with Gasteiger partial charge in [-0.3, -0.25) is 4.57 Å². The van der Waals surface area contributed by atoms with E-state index in [1.165, 1.54) is 30.9 Å². The van der Waals surface area contributed by atoms with E-state index in [1.54, 1.807) is 0 Å². The summed E-state index contributed by atoms with van der Waals surface area (Å²) in [5.74, 6) is 0.601. The molecule has 5 aromatic heterocycles. The monoisotopic (exact) mass is 657 g/mol. The summed E-state index contributed by atoms with van der Waals surface area (Å²) in [6, 6.07) is 48.7. The van der Waals surface area contributed by atoms with Crippen LogP contribution in [0.15, 0.2) is 148 Å². The number of rotatable bonds is 2. The molecule has 232 valence electrons. The maximum atomic E-state index is 6.65. The summed E-state index contributed by atoms with van der Waals surface area (Å²) in [5.41, 5.74) is 7.73. The highest BCUT2D eigenvalue weighted by Gasteiger charge is 2.25. The lowest BCUT2D eigenvalue weighted by molar-refractivity contribution is 0.666. The maximum absolute atomic E-state index is 6.65. The Hall–Kier alpha value is -6.50. The molecule has 0 saturated carbocycles. The molecule has 50 heavy (non-hydrogen) atoms. The lowest BCUT2D eigenvalue weighted by atomic mass is 9.97. The topological polar surface area (TPSA) is 57.0 Å². The lowest BCUT2D eigenvalue weighted by Gasteiger charge is -2.12. The number of thiophene rings is 1. The Morgan fingerprint density at radius 1 is 0.500 bits per heavy atom. The number of fused-ring (bicyclic) bond motifs is 15. The number of nitrogens with zero attached hydrogens (tertiary/aromatic N) is 3. The molecule has 5 nitrogen and oxygen atoms in total. The van der Waals surface area contributed by atoms with Crippen LogP contribution < -0.4 is 0 Å². The van der Waals surface area contributed by atoms with Crippen LogP contribution in [-0.4, -0.2) is 14.5 Å². The molecule has 12 aromatic rings. The molecule has 0 unspecified atom stereocenters. The van der Waals surface area contributed by atoms with Gasteiger partial charge in [-0.05, 0) is 47.2 Å². The summed E-state index contributed by atoms with van der Waals surface area (Å²) in [5, 5.41) is 10.2. The zero-order valence-corrected chi connectivity index (χ0v) is 27.2. The minimum absolute atomic E-state index is 0.601. The number of para-hydroxylation sites is 3. The summed E-state index contributed by atoms with van der Waals surface area (Å²) in [6.07, 6.45) is 0. The Morgan fingerprint density at radius 3 is 2.02 bits per heavy atom. The Labute approximate surface area is 287 Å². The predicted octanol–water partition coefficient (Wildman–Crippen LogP) is 12.6. The van der Waals surface area contributed by atoms with Gasteiger partial charge in [0.25, 0.3) is 0 Å². The highest BCUT2D eigenvalue weighted by Crippen LogP contribution is 2.45. The Kier molecular flexibility index (Phi) is 5.06. The predicted molar refractivity (Wildman–Crippen MR) is 207 cm³/mol. The number of furan rings is 2. The SMILES string of the molecule is c1ccc2c(c1)oc1c(-c3cc4oc5ccccc5c4c4ccccc34)nc(-n3c4ccccc4c4ccc5c6ccccc6sc5c43)nc12. The molecular weight excluding hydrogens is 635 g/mol. The molecule has 0 spiro atoms. The average Bonchev–Trinajstić information content (AvgIpc) is 3.93. The van der Waals surface area contributed by atoms with Gasteiger partial charge in [0.05, 0.1) is 15.7 Å². The summed E-state index contributed by atoms with van der Waals surface area (Å²) >= 11 is 1.82.